The van der Waals surface area contributed by atoms with Crippen molar-refractivity contribution < 1.29 is 9.90 Å². The Bertz CT molecular complexity index is 408. The summed E-state index contributed by atoms with van der Waals surface area (Å²) in [4.78, 5) is 11.9. The van der Waals surface area contributed by atoms with Crippen molar-refractivity contribution in [1.29, 1.82) is 0 Å². The van der Waals surface area contributed by atoms with Gasteiger partial charge >= 0.3 is 0 Å². The van der Waals surface area contributed by atoms with Crippen molar-refractivity contribution in [2.75, 3.05) is 30.0 Å². The number of amides is 1. The van der Waals surface area contributed by atoms with Gasteiger partial charge in [-0.25, -0.2) is 0 Å². The Morgan fingerprint density at radius 1 is 1.40 bits per heavy atom. The second-order valence-electron chi connectivity index (χ2n) is 4.65. The number of aliphatic hydroxyl groups excluding tert-OH is 1. The Morgan fingerprint density at radius 3 is 2.75 bits per heavy atom. The lowest BCUT2D eigenvalue weighted by atomic mass is 10.1. The molecule has 4 nitrogen and oxygen atoms in total. The van der Waals surface area contributed by atoms with Gasteiger partial charge in [-0.1, -0.05) is 12.1 Å². The van der Waals surface area contributed by atoms with E-state index in [2.05, 4.69) is 10.6 Å². The molecule has 112 valence electrons. The number of hydrogen-bond acceptors (Lipinski definition) is 4. The van der Waals surface area contributed by atoms with Crippen molar-refractivity contribution in [3.8, 4) is 0 Å². The quantitative estimate of drug-likeness (QED) is 0.773. The van der Waals surface area contributed by atoms with Crippen LogP contribution in [0, 0.1) is 0 Å². The highest BCUT2D eigenvalue weighted by Gasteiger charge is 2.16. The van der Waals surface area contributed by atoms with Gasteiger partial charge in [-0.15, -0.1) is 12.4 Å². The van der Waals surface area contributed by atoms with E-state index in [0.717, 1.165) is 29.3 Å². The Morgan fingerprint density at radius 2 is 2.15 bits per heavy atom. The van der Waals surface area contributed by atoms with Crippen LogP contribution >= 0.6 is 24.2 Å². The van der Waals surface area contributed by atoms with Crippen LogP contribution in [0.3, 0.4) is 0 Å². The van der Waals surface area contributed by atoms with E-state index in [9.17, 15) is 4.79 Å². The third kappa shape index (κ3) is 5.71. The van der Waals surface area contributed by atoms with Crippen LogP contribution in [0.1, 0.15) is 12.0 Å². The first-order valence-corrected chi connectivity index (χ1v) is 7.74. The van der Waals surface area contributed by atoms with Gasteiger partial charge in [0.15, 0.2) is 0 Å². The standard InChI is InChI=1S/C14H20N2O2S.ClH/c17-7-5-11-1-3-12(4-2-11)16-14(18)9-13-10-19-8-6-15-13;/h1-4,13,15,17H,5-10H2,(H,16,18);1H. The van der Waals surface area contributed by atoms with E-state index in [1.54, 1.807) is 0 Å². The van der Waals surface area contributed by atoms with Gasteiger partial charge in [0.1, 0.15) is 0 Å². The summed E-state index contributed by atoms with van der Waals surface area (Å²) in [6.45, 7) is 1.13. The van der Waals surface area contributed by atoms with Crippen LogP contribution in [0.15, 0.2) is 24.3 Å². The third-order valence-corrected chi connectivity index (χ3v) is 4.20. The van der Waals surface area contributed by atoms with E-state index in [-0.39, 0.29) is 31.0 Å². The molecule has 0 bridgehead atoms. The maximum atomic E-state index is 11.9. The highest BCUT2D eigenvalue weighted by atomic mass is 35.5. The van der Waals surface area contributed by atoms with Gasteiger partial charge in [-0.05, 0) is 24.1 Å². The van der Waals surface area contributed by atoms with Gasteiger partial charge in [-0.3, -0.25) is 4.79 Å². The molecule has 20 heavy (non-hydrogen) atoms. The van der Waals surface area contributed by atoms with Crippen molar-refractivity contribution in [3.63, 3.8) is 0 Å². The first-order valence-electron chi connectivity index (χ1n) is 6.58. The number of aliphatic hydroxyl groups is 1. The molecule has 1 aliphatic rings. The zero-order valence-electron chi connectivity index (χ0n) is 11.3. The summed E-state index contributed by atoms with van der Waals surface area (Å²) in [6, 6.07) is 7.91. The van der Waals surface area contributed by atoms with Crippen molar-refractivity contribution in [3.05, 3.63) is 29.8 Å². The molecule has 1 aliphatic heterocycles. The van der Waals surface area contributed by atoms with Crippen LogP contribution in [0.5, 0.6) is 0 Å². The fourth-order valence-corrected chi connectivity index (χ4v) is 3.02. The summed E-state index contributed by atoms with van der Waals surface area (Å²) in [5.74, 6) is 2.18. The second-order valence-corrected chi connectivity index (χ2v) is 5.80. The summed E-state index contributed by atoms with van der Waals surface area (Å²) < 4.78 is 0. The Labute approximate surface area is 130 Å². The number of benzene rings is 1. The van der Waals surface area contributed by atoms with Crippen molar-refractivity contribution >= 4 is 35.8 Å². The van der Waals surface area contributed by atoms with Gasteiger partial charge in [0.2, 0.25) is 5.91 Å². The Hall–Kier alpha value is -0.750. The molecule has 1 atom stereocenters. The molecule has 1 fully saturated rings. The number of rotatable bonds is 5. The van der Waals surface area contributed by atoms with Gasteiger partial charge in [0.25, 0.3) is 0 Å². The number of halogens is 1. The minimum absolute atomic E-state index is 0. The van der Waals surface area contributed by atoms with E-state index in [1.165, 1.54) is 0 Å². The zero-order valence-corrected chi connectivity index (χ0v) is 12.9. The van der Waals surface area contributed by atoms with Crippen LogP contribution in [0.4, 0.5) is 5.69 Å². The number of carbonyl (C=O) groups excluding carboxylic acids is 1. The Kier molecular flexibility index (Phi) is 7.99. The number of thioether (sulfide) groups is 1. The fraction of sp³-hybridized carbons (Fsp3) is 0.500. The van der Waals surface area contributed by atoms with E-state index < -0.39 is 0 Å². The molecule has 1 aromatic carbocycles. The minimum Gasteiger partial charge on any atom is -0.396 e. The summed E-state index contributed by atoms with van der Waals surface area (Å²) >= 11 is 1.89. The number of carbonyl (C=O) groups is 1. The third-order valence-electron chi connectivity index (χ3n) is 3.07. The summed E-state index contributed by atoms with van der Waals surface area (Å²) in [5, 5.41) is 15.1. The largest absolute Gasteiger partial charge is 0.396 e. The van der Waals surface area contributed by atoms with Crippen LogP contribution in [-0.4, -0.2) is 41.7 Å². The molecule has 0 spiro atoms. The van der Waals surface area contributed by atoms with Crippen LogP contribution in [0.25, 0.3) is 0 Å². The normalized spacial score (nSPS) is 18.1. The molecular weight excluding hydrogens is 296 g/mol. The van der Waals surface area contributed by atoms with Crippen molar-refractivity contribution in [1.82, 2.24) is 5.32 Å². The molecule has 1 aromatic rings. The molecular formula is C14H21ClN2O2S. The van der Waals surface area contributed by atoms with Crippen LogP contribution in [-0.2, 0) is 11.2 Å². The smallest absolute Gasteiger partial charge is 0.225 e. The molecule has 2 rings (SSSR count). The van der Waals surface area contributed by atoms with Gasteiger partial charge in [0, 0.05) is 42.8 Å². The van der Waals surface area contributed by atoms with Gasteiger partial charge in [-0.2, -0.15) is 11.8 Å². The second kappa shape index (κ2) is 9.23. The van der Waals surface area contributed by atoms with E-state index in [0.29, 0.717) is 12.8 Å². The van der Waals surface area contributed by atoms with Crippen LogP contribution in [0.2, 0.25) is 0 Å². The maximum Gasteiger partial charge on any atom is 0.225 e. The SMILES string of the molecule is Cl.O=C(CC1CSCCN1)Nc1ccc(CCO)cc1. The Balaban J connectivity index is 0.00000200. The molecule has 0 radical (unpaired) electrons. The van der Waals surface area contributed by atoms with E-state index in [4.69, 9.17) is 5.11 Å². The summed E-state index contributed by atoms with van der Waals surface area (Å²) in [6.07, 6.45) is 1.17. The highest BCUT2D eigenvalue weighted by molar-refractivity contribution is 7.99. The molecule has 1 saturated heterocycles. The minimum atomic E-state index is 0. The van der Waals surface area contributed by atoms with Gasteiger partial charge in [0.05, 0.1) is 0 Å². The molecule has 0 saturated carbocycles. The average Bonchev–Trinajstić information content (AvgIpc) is 2.42. The number of hydrogen-bond donors (Lipinski definition) is 3. The monoisotopic (exact) mass is 316 g/mol. The molecule has 3 N–H and O–H groups in total. The first kappa shape index (κ1) is 17.3. The topological polar surface area (TPSA) is 61.4 Å². The molecule has 1 amide bonds. The lowest BCUT2D eigenvalue weighted by Crippen LogP contribution is -2.39. The number of anilines is 1. The first-order chi connectivity index (χ1) is 9.28. The predicted molar refractivity (Wildman–Crippen MR) is 86.8 cm³/mol. The molecule has 0 aliphatic carbocycles. The lowest BCUT2D eigenvalue weighted by Gasteiger charge is -2.22. The summed E-state index contributed by atoms with van der Waals surface area (Å²) in [5.41, 5.74) is 1.89. The zero-order chi connectivity index (χ0) is 13.5. The molecule has 1 heterocycles. The van der Waals surface area contributed by atoms with Crippen molar-refractivity contribution in [2.24, 2.45) is 0 Å². The highest BCUT2D eigenvalue weighted by Crippen LogP contribution is 2.13. The van der Waals surface area contributed by atoms with E-state index >= 15 is 0 Å². The summed E-state index contributed by atoms with van der Waals surface area (Å²) in [7, 11) is 0. The lowest BCUT2D eigenvalue weighted by molar-refractivity contribution is -0.116. The van der Waals surface area contributed by atoms with E-state index in [1.807, 2.05) is 36.0 Å². The fourth-order valence-electron chi connectivity index (χ4n) is 2.07. The molecule has 6 heteroatoms. The molecule has 1 unspecified atom stereocenters. The van der Waals surface area contributed by atoms with Crippen LogP contribution < -0.4 is 10.6 Å². The average molecular weight is 317 g/mol. The van der Waals surface area contributed by atoms with Crippen molar-refractivity contribution in [2.45, 2.75) is 18.9 Å². The van der Waals surface area contributed by atoms with Gasteiger partial charge < -0.3 is 15.7 Å². The maximum absolute atomic E-state index is 11.9. The number of nitrogens with one attached hydrogen (secondary N) is 2. The molecule has 0 aromatic heterocycles. The predicted octanol–water partition coefficient (Wildman–Crippen LogP) is 1.68.